The summed E-state index contributed by atoms with van der Waals surface area (Å²) in [7, 11) is -3.26. The van der Waals surface area contributed by atoms with Crippen LogP contribution in [0.5, 0.6) is 0 Å². The van der Waals surface area contributed by atoms with Crippen LogP contribution < -0.4 is 0 Å². The molecule has 0 N–H and O–H groups in total. The van der Waals surface area contributed by atoms with Gasteiger partial charge in [-0.3, -0.25) is 9.88 Å². The Balaban J connectivity index is 1.58. The normalized spacial score (nSPS) is 15.1. The Hall–Kier alpha value is -1.66. The number of fused-ring (bicyclic) bond motifs is 2. The van der Waals surface area contributed by atoms with Gasteiger partial charge in [0, 0.05) is 53.4 Å². The number of nitrogens with zero attached hydrogens (tertiary/aromatic N) is 2. The van der Waals surface area contributed by atoms with Gasteiger partial charge in [-0.2, -0.15) is 0 Å². The predicted octanol–water partition coefficient (Wildman–Crippen LogP) is 4.50. The van der Waals surface area contributed by atoms with Gasteiger partial charge >= 0.3 is 0 Å². The Morgan fingerprint density at radius 3 is 2.67 bits per heavy atom. The van der Waals surface area contributed by atoms with E-state index in [0.29, 0.717) is 16.6 Å². The molecular formula is C20H18Cl2N2O2S. The van der Waals surface area contributed by atoms with E-state index < -0.39 is 9.84 Å². The predicted molar refractivity (Wildman–Crippen MR) is 109 cm³/mol. The van der Waals surface area contributed by atoms with E-state index in [1.807, 2.05) is 18.2 Å². The van der Waals surface area contributed by atoms with Gasteiger partial charge in [-0.25, -0.2) is 8.42 Å². The highest BCUT2D eigenvalue weighted by Gasteiger charge is 2.20. The maximum atomic E-state index is 11.7. The van der Waals surface area contributed by atoms with Crippen molar-refractivity contribution in [1.29, 1.82) is 0 Å². The third-order valence-corrected chi connectivity index (χ3v) is 6.55. The topological polar surface area (TPSA) is 50.3 Å². The Morgan fingerprint density at radius 1 is 1.11 bits per heavy atom. The van der Waals surface area contributed by atoms with Gasteiger partial charge in [0.15, 0.2) is 9.84 Å². The van der Waals surface area contributed by atoms with Crippen molar-refractivity contribution in [3.63, 3.8) is 0 Å². The molecule has 0 saturated heterocycles. The molecule has 0 atom stereocenters. The minimum absolute atomic E-state index is 0.243. The molecule has 140 valence electrons. The Morgan fingerprint density at radius 2 is 1.93 bits per heavy atom. The molecule has 0 fully saturated rings. The summed E-state index contributed by atoms with van der Waals surface area (Å²) < 4.78 is 23.3. The zero-order chi connectivity index (χ0) is 19.2. The van der Waals surface area contributed by atoms with Crippen LogP contribution >= 0.6 is 23.2 Å². The second kappa shape index (κ2) is 7.06. The highest BCUT2D eigenvalue weighted by atomic mass is 35.5. The zero-order valence-corrected chi connectivity index (χ0v) is 17.1. The van der Waals surface area contributed by atoms with Gasteiger partial charge in [0.2, 0.25) is 0 Å². The Kier molecular flexibility index (Phi) is 4.89. The van der Waals surface area contributed by atoms with Crippen molar-refractivity contribution in [1.82, 2.24) is 9.88 Å². The van der Waals surface area contributed by atoms with Gasteiger partial charge < -0.3 is 0 Å². The van der Waals surface area contributed by atoms with Crippen molar-refractivity contribution >= 4 is 43.9 Å². The first kappa shape index (κ1) is 18.7. The number of rotatable bonds is 3. The first-order valence-corrected chi connectivity index (χ1v) is 11.2. The van der Waals surface area contributed by atoms with E-state index >= 15 is 0 Å². The number of hydrogen-bond acceptors (Lipinski definition) is 4. The fourth-order valence-corrected chi connectivity index (χ4v) is 4.56. The lowest BCUT2D eigenvalue weighted by atomic mass is 10.0. The van der Waals surface area contributed by atoms with E-state index in [4.69, 9.17) is 28.2 Å². The molecule has 4 nitrogen and oxygen atoms in total. The summed E-state index contributed by atoms with van der Waals surface area (Å²) in [6, 6.07) is 12.8. The highest BCUT2D eigenvalue weighted by Crippen LogP contribution is 2.27. The zero-order valence-electron chi connectivity index (χ0n) is 14.7. The van der Waals surface area contributed by atoms with Crippen molar-refractivity contribution in [3.05, 3.63) is 69.3 Å². The van der Waals surface area contributed by atoms with Gasteiger partial charge in [-0.1, -0.05) is 29.3 Å². The average molecular weight is 421 g/mol. The molecule has 0 saturated carbocycles. The standard InChI is InChI=1S/C20H18Cl2N2O2S/c1-27(25,26)17-4-2-13(18(22)10-17)11-24-7-6-20-15(12-24)8-14-9-16(21)3-5-19(14)23-20/h2-5,8-10H,6-7,11-12H2,1H3. The van der Waals surface area contributed by atoms with Crippen LogP contribution in [0.2, 0.25) is 10.0 Å². The summed E-state index contributed by atoms with van der Waals surface area (Å²) in [4.78, 5) is 7.31. The van der Waals surface area contributed by atoms with Crippen LogP contribution in [-0.4, -0.2) is 31.1 Å². The molecule has 0 unspecified atom stereocenters. The van der Waals surface area contributed by atoms with Crippen LogP contribution in [0.1, 0.15) is 16.8 Å². The lowest BCUT2D eigenvalue weighted by Crippen LogP contribution is -2.30. The highest BCUT2D eigenvalue weighted by molar-refractivity contribution is 7.90. The first-order valence-electron chi connectivity index (χ1n) is 8.58. The minimum atomic E-state index is -3.26. The number of pyridine rings is 1. The maximum absolute atomic E-state index is 11.7. The van der Waals surface area contributed by atoms with Gasteiger partial charge in [0.1, 0.15) is 0 Å². The second-order valence-electron chi connectivity index (χ2n) is 6.92. The SMILES string of the molecule is CS(=O)(=O)c1ccc(CN2CCc3nc4ccc(Cl)cc4cc3C2)c(Cl)c1. The molecule has 1 aliphatic rings. The van der Waals surface area contributed by atoms with Gasteiger partial charge in [0.25, 0.3) is 0 Å². The molecule has 1 aromatic heterocycles. The fraction of sp³-hybridized carbons (Fsp3) is 0.250. The van der Waals surface area contributed by atoms with E-state index in [9.17, 15) is 8.42 Å². The molecule has 4 rings (SSSR count). The Bertz CT molecular complexity index is 1150. The smallest absolute Gasteiger partial charge is 0.175 e. The molecule has 2 heterocycles. The van der Waals surface area contributed by atoms with Crippen molar-refractivity contribution in [2.45, 2.75) is 24.4 Å². The summed E-state index contributed by atoms with van der Waals surface area (Å²) in [6.07, 6.45) is 2.05. The molecule has 0 bridgehead atoms. The van der Waals surface area contributed by atoms with E-state index in [1.165, 1.54) is 17.9 Å². The molecule has 1 aliphatic heterocycles. The van der Waals surface area contributed by atoms with Crippen molar-refractivity contribution < 1.29 is 8.42 Å². The van der Waals surface area contributed by atoms with E-state index in [0.717, 1.165) is 41.7 Å². The van der Waals surface area contributed by atoms with Crippen LogP contribution in [0.25, 0.3) is 10.9 Å². The molecule has 27 heavy (non-hydrogen) atoms. The summed E-state index contributed by atoms with van der Waals surface area (Å²) in [6.45, 7) is 2.31. The van der Waals surface area contributed by atoms with Crippen molar-refractivity contribution in [2.75, 3.05) is 12.8 Å². The number of hydrogen-bond donors (Lipinski definition) is 0. The van der Waals surface area contributed by atoms with Crippen molar-refractivity contribution in [3.8, 4) is 0 Å². The minimum Gasteiger partial charge on any atom is -0.294 e. The number of halogens is 2. The average Bonchev–Trinajstić information content (AvgIpc) is 2.60. The quantitative estimate of drug-likeness (QED) is 0.625. The lowest BCUT2D eigenvalue weighted by Gasteiger charge is -2.28. The van der Waals surface area contributed by atoms with Crippen LogP contribution in [-0.2, 0) is 29.3 Å². The second-order valence-corrected chi connectivity index (χ2v) is 9.78. The molecule has 7 heteroatoms. The number of sulfone groups is 1. The molecule has 0 amide bonds. The van der Waals surface area contributed by atoms with Crippen LogP contribution in [0.4, 0.5) is 0 Å². The number of benzene rings is 2. The molecule has 0 aliphatic carbocycles. The van der Waals surface area contributed by atoms with Gasteiger partial charge in [-0.05, 0) is 47.5 Å². The van der Waals surface area contributed by atoms with Crippen LogP contribution in [0.15, 0.2) is 47.4 Å². The van der Waals surface area contributed by atoms with E-state index in [2.05, 4.69) is 11.0 Å². The van der Waals surface area contributed by atoms with Gasteiger partial charge in [0.05, 0.1) is 10.4 Å². The Labute approximate surface area is 168 Å². The molecule has 3 aromatic rings. The molecule has 0 spiro atoms. The third-order valence-electron chi connectivity index (χ3n) is 4.85. The summed E-state index contributed by atoms with van der Waals surface area (Å²) in [5, 5.41) is 2.22. The summed E-state index contributed by atoms with van der Waals surface area (Å²) in [5.74, 6) is 0. The van der Waals surface area contributed by atoms with Gasteiger partial charge in [-0.15, -0.1) is 0 Å². The molecule has 2 aromatic carbocycles. The largest absolute Gasteiger partial charge is 0.294 e. The summed E-state index contributed by atoms with van der Waals surface area (Å²) in [5.41, 5.74) is 4.20. The summed E-state index contributed by atoms with van der Waals surface area (Å²) >= 11 is 12.4. The van der Waals surface area contributed by atoms with Crippen LogP contribution in [0, 0.1) is 0 Å². The maximum Gasteiger partial charge on any atom is 0.175 e. The lowest BCUT2D eigenvalue weighted by molar-refractivity contribution is 0.244. The third kappa shape index (κ3) is 3.97. The fourth-order valence-electron chi connectivity index (χ4n) is 3.43. The monoisotopic (exact) mass is 420 g/mol. The molecular weight excluding hydrogens is 403 g/mol. The van der Waals surface area contributed by atoms with Crippen LogP contribution in [0.3, 0.4) is 0 Å². The molecule has 0 radical (unpaired) electrons. The van der Waals surface area contributed by atoms with E-state index in [-0.39, 0.29) is 4.90 Å². The number of aromatic nitrogens is 1. The van der Waals surface area contributed by atoms with Crippen molar-refractivity contribution in [2.24, 2.45) is 0 Å². The van der Waals surface area contributed by atoms with E-state index in [1.54, 1.807) is 12.1 Å². The first-order chi connectivity index (χ1) is 12.8.